The molecule has 0 radical (unpaired) electrons. The first kappa shape index (κ1) is 23.6. The van der Waals surface area contributed by atoms with Crippen molar-refractivity contribution in [1.29, 1.82) is 0 Å². The van der Waals surface area contributed by atoms with Crippen molar-refractivity contribution in [1.82, 2.24) is 14.9 Å². The zero-order chi connectivity index (χ0) is 23.3. The number of aromatic nitrogens is 2. The van der Waals surface area contributed by atoms with E-state index in [4.69, 9.17) is 32.7 Å². The molecule has 2 aromatic heterocycles. The Morgan fingerprint density at radius 1 is 0.781 bits per heavy atom. The number of fused-ring (bicyclic) bond motifs is 2. The number of pyridine rings is 2. The van der Waals surface area contributed by atoms with Gasteiger partial charge in [0.15, 0.2) is 0 Å². The van der Waals surface area contributed by atoms with Gasteiger partial charge in [-0.2, -0.15) is 0 Å². The molecule has 0 unspecified atom stereocenters. The van der Waals surface area contributed by atoms with Gasteiger partial charge >= 0.3 is 0 Å². The molecule has 0 amide bonds. The van der Waals surface area contributed by atoms with Crippen LogP contribution in [0.4, 0.5) is 0 Å². The van der Waals surface area contributed by atoms with Gasteiger partial charge < -0.3 is 14.4 Å². The molecule has 4 aromatic rings. The van der Waals surface area contributed by atoms with E-state index in [0.29, 0.717) is 10.3 Å². The Bertz CT molecular complexity index is 1270. The second-order valence-corrected chi connectivity index (χ2v) is 8.12. The fraction of sp³-hybridized carbons (Fsp3) is 0.200. The number of hydrogen-bond donors (Lipinski definition) is 0. The molecule has 166 valence electrons. The fourth-order valence-electron chi connectivity index (χ4n) is 3.15. The number of nitrogens with zero attached hydrogens (tertiary/aromatic N) is 3. The summed E-state index contributed by atoms with van der Waals surface area (Å²) in [5, 5.41) is 3.12. The minimum absolute atomic E-state index is 0.492. The van der Waals surface area contributed by atoms with Crippen LogP contribution in [-0.4, -0.2) is 43.2 Å². The quantitative estimate of drug-likeness (QED) is 0.313. The number of benzene rings is 2. The smallest absolute Gasteiger partial charge is 0.130 e. The highest BCUT2D eigenvalue weighted by Gasteiger charge is 2.05. The summed E-state index contributed by atoms with van der Waals surface area (Å²) in [7, 11) is 7.25. The molecule has 0 aliphatic heterocycles. The van der Waals surface area contributed by atoms with Crippen LogP contribution in [0.1, 0.15) is 11.1 Å². The number of hydrogen-bond acceptors (Lipinski definition) is 5. The maximum absolute atomic E-state index is 6.02. The number of rotatable bonds is 4. The van der Waals surface area contributed by atoms with Gasteiger partial charge in [0.2, 0.25) is 0 Å². The number of methoxy groups -OCH3 is 2. The molecule has 0 aliphatic rings. The summed E-state index contributed by atoms with van der Waals surface area (Å²) < 4.78 is 10.4. The Kier molecular flexibility index (Phi) is 7.78. The molecule has 7 heteroatoms. The highest BCUT2D eigenvalue weighted by atomic mass is 35.5. The van der Waals surface area contributed by atoms with Crippen LogP contribution in [0.2, 0.25) is 10.3 Å². The van der Waals surface area contributed by atoms with Gasteiger partial charge in [-0.25, -0.2) is 9.97 Å². The van der Waals surface area contributed by atoms with Crippen molar-refractivity contribution in [2.24, 2.45) is 0 Å². The molecular weight excluding hydrogens is 445 g/mol. The summed E-state index contributed by atoms with van der Waals surface area (Å²) in [6.07, 6.45) is 3.99. The van der Waals surface area contributed by atoms with E-state index in [0.717, 1.165) is 44.4 Å². The topological polar surface area (TPSA) is 47.5 Å². The van der Waals surface area contributed by atoms with E-state index in [2.05, 4.69) is 9.97 Å². The van der Waals surface area contributed by atoms with Crippen molar-refractivity contribution < 1.29 is 9.47 Å². The molecule has 0 bridgehead atoms. The van der Waals surface area contributed by atoms with E-state index in [1.54, 1.807) is 14.2 Å². The monoisotopic (exact) mass is 469 g/mol. The van der Waals surface area contributed by atoms with E-state index >= 15 is 0 Å². The Morgan fingerprint density at radius 3 is 1.88 bits per heavy atom. The lowest BCUT2D eigenvalue weighted by Gasteiger charge is -2.07. The van der Waals surface area contributed by atoms with Gasteiger partial charge in [0.1, 0.15) is 21.8 Å². The van der Waals surface area contributed by atoms with Crippen LogP contribution >= 0.6 is 23.2 Å². The summed E-state index contributed by atoms with van der Waals surface area (Å²) in [4.78, 5) is 10.5. The average molecular weight is 470 g/mol. The van der Waals surface area contributed by atoms with Crippen molar-refractivity contribution in [2.75, 3.05) is 28.3 Å². The van der Waals surface area contributed by atoms with Crippen molar-refractivity contribution in [3.8, 4) is 11.5 Å². The largest absolute Gasteiger partial charge is 0.497 e. The molecule has 0 saturated heterocycles. The molecule has 2 heterocycles. The average Bonchev–Trinajstić information content (AvgIpc) is 2.77. The van der Waals surface area contributed by atoms with E-state index in [-0.39, 0.29) is 0 Å². The third-order valence-electron chi connectivity index (χ3n) is 4.76. The van der Waals surface area contributed by atoms with Crippen molar-refractivity contribution in [3.63, 3.8) is 0 Å². The van der Waals surface area contributed by atoms with Crippen LogP contribution < -0.4 is 9.47 Å². The highest BCUT2D eigenvalue weighted by molar-refractivity contribution is 6.30. The molecule has 0 atom stereocenters. The predicted molar refractivity (Wildman–Crippen MR) is 134 cm³/mol. The van der Waals surface area contributed by atoms with E-state index in [1.165, 1.54) is 0 Å². The fourth-order valence-corrected chi connectivity index (χ4v) is 3.61. The number of halogens is 2. The second kappa shape index (κ2) is 10.5. The Hall–Kier alpha value is -3.02. The van der Waals surface area contributed by atoms with Crippen molar-refractivity contribution in [2.45, 2.75) is 6.92 Å². The Balaban J connectivity index is 0.000000186. The van der Waals surface area contributed by atoms with E-state index in [1.807, 2.05) is 86.7 Å². The van der Waals surface area contributed by atoms with E-state index in [9.17, 15) is 0 Å². The molecule has 4 rings (SSSR count). The minimum Gasteiger partial charge on any atom is -0.497 e. The van der Waals surface area contributed by atoms with Gasteiger partial charge in [0.05, 0.1) is 25.3 Å². The molecule has 0 saturated carbocycles. The van der Waals surface area contributed by atoms with Gasteiger partial charge in [-0.05, 0) is 78.9 Å². The van der Waals surface area contributed by atoms with Gasteiger partial charge in [-0.3, -0.25) is 0 Å². The van der Waals surface area contributed by atoms with Crippen LogP contribution in [0.15, 0.2) is 54.7 Å². The second-order valence-electron chi connectivity index (χ2n) is 7.34. The summed E-state index contributed by atoms with van der Waals surface area (Å²) in [6.45, 7) is 2.01. The third-order valence-corrected chi connectivity index (χ3v) is 5.15. The first-order valence-corrected chi connectivity index (χ1v) is 10.7. The third kappa shape index (κ3) is 5.81. The number of ether oxygens (including phenoxy) is 2. The first-order valence-electron chi connectivity index (χ1n) is 9.90. The van der Waals surface area contributed by atoms with Crippen LogP contribution in [0.25, 0.3) is 27.9 Å². The lowest BCUT2D eigenvalue weighted by atomic mass is 10.1. The molecular formula is C25H25Cl2N3O2. The minimum atomic E-state index is 0.492. The maximum Gasteiger partial charge on any atom is 0.130 e. The van der Waals surface area contributed by atoms with Gasteiger partial charge in [-0.1, -0.05) is 23.2 Å². The molecule has 0 fully saturated rings. The lowest BCUT2D eigenvalue weighted by molar-refractivity contribution is 0.415. The predicted octanol–water partition coefficient (Wildman–Crippen LogP) is 6.63. The number of aryl methyl sites for hydroxylation is 1. The molecule has 32 heavy (non-hydrogen) atoms. The Labute approximate surface area is 198 Å². The first-order chi connectivity index (χ1) is 15.3. The summed E-state index contributed by atoms with van der Waals surface area (Å²) in [5.74, 6) is 1.65. The standard InChI is InChI=1S/C14H15ClN2O.C11H10ClNO/c1-17(2)7-6-10-8-14(15)16-13-5-4-11(18-3)9-12(10)13;1-7-5-11(12)13-10-4-3-8(14-2)6-9(7)10/h4-9H,1-3H3;3-6H,1-2H3. The zero-order valence-corrected chi connectivity index (χ0v) is 20.2. The van der Waals surface area contributed by atoms with Crippen LogP contribution in [0.3, 0.4) is 0 Å². The lowest BCUT2D eigenvalue weighted by Crippen LogP contribution is -1.99. The summed E-state index contributed by atoms with van der Waals surface area (Å²) >= 11 is 11.9. The molecule has 0 aliphatic carbocycles. The summed E-state index contributed by atoms with van der Waals surface area (Å²) in [5.41, 5.74) is 3.90. The van der Waals surface area contributed by atoms with Gasteiger partial charge in [0, 0.05) is 24.9 Å². The molecule has 2 aromatic carbocycles. The van der Waals surface area contributed by atoms with E-state index < -0.39 is 0 Å². The summed E-state index contributed by atoms with van der Waals surface area (Å²) in [6, 6.07) is 15.2. The normalized spacial score (nSPS) is 10.8. The van der Waals surface area contributed by atoms with Gasteiger partial charge in [-0.15, -0.1) is 0 Å². The van der Waals surface area contributed by atoms with Crippen molar-refractivity contribution >= 4 is 51.1 Å². The van der Waals surface area contributed by atoms with Gasteiger partial charge in [0.25, 0.3) is 0 Å². The van der Waals surface area contributed by atoms with Crippen LogP contribution in [0.5, 0.6) is 11.5 Å². The van der Waals surface area contributed by atoms with Crippen LogP contribution in [-0.2, 0) is 0 Å². The zero-order valence-electron chi connectivity index (χ0n) is 18.7. The SMILES string of the molecule is COc1ccc2nc(Cl)cc(C)c2c1.COc1ccc2nc(Cl)cc(C=CN(C)C)c2c1. The highest BCUT2D eigenvalue weighted by Crippen LogP contribution is 2.26. The van der Waals surface area contributed by atoms with Crippen molar-refractivity contribution in [3.05, 3.63) is 76.2 Å². The molecule has 0 N–H and O–H groups in total. The molecule has 0 spiro atoms. The molecule has 5 nitrogen and oxygen atoms in total. The Morgan fingerprint density at radius 2 is 1.31 bits per heavy atom. The van der Waals surface area contributed by atoms with Crippen LogP contribution in [0, 0.1) is 6.92 Å². The maximum atomic E-state index is 6.02.